The smallest absolute Gasteiger partial charge is 0.164 e. The van der Waals surface area contributed by atoms with Crippen molar-refractivity contribution in [2.75, 3.05) is 5.73 Å². The van der Waals surface area contributed by atoms with E-state index < -0.39 is 5.82 Å². The second-order valence-corrected chi connectivity index (χ2v) is 4.03. The summed E-state index contributed by atoms with van der Waals surface area (Å²) in [5.74, 6) is 0.357. The zero-order valence-corrected chi connectivity index (χ0v) is 8.60. The van der Waals surface area contributed by atoms with Gasteiger partial charge in [0.15, 0.2) is 5.82 Å². The Kier molecular flexibility index (Phi) is 1.92. The molecule has 1 saturated carbocycles. The lowest BCUT2D eigenvalue weighted by atomic mass is 10.2. The maximum Gasteiger partial charge on any atom is 0.164 e. The first-order chi connectivity index (χ1) is 7.75. The molecule has 0 saturated heterocycles. The van der Waals surface area contributed by atoms with E-state index in [0.717, 1.165) is 24.2 Å². The van der Waals surface area contributed by atoms with Gasteiger partial charge in [-0.1, -0.05) is 0 Å². The summed E-state index contributed by atoms with van der Waals surface area (Å²) in [5.41, 5.74) is 6.49. The number of aromatic nitrogens is 3. The predicted octanol–water partition coefficient (Wildman–Crippen LogP) is 2.00. The standard InChI is InChI=1S/C11H11FN4/c12-9-4-1-7(5-10(9)13)11-15-14-6-16(11)8-2-3-8/h1,4-6,8H,2-3,13H2. The number of halogens is 1. The number of hydrogen-bond acceptors (Lipinski definition) is 3. The number of rotatable bonds is 2. The summed E-state index contributed by atoms with van der Waals surface area (Å²) in [4.78, 5) is 0. The molecule has 16 heavy (non-hydrogen) atoms. The van der Waals surface area contributed by atoms with E-state index in [-0.39, 0.29) is 5.69 Å². The molecule has 1 heterocycles. The number of anilines is 1. The zero-order chi connectivity index (χ0) is 11.1. The number of benzene rings is 1. The molecule has 0 unspecified atom stereocenters. The van der Waals surface area contributed by atoms with Crippen LogP contribution in [0.5, 0.6) is 0 Å². The minimum atomic E-state index is -0.402. The number of nitrogens with two attached hydrogens (primary N) is 1. The molecule has 1 fully saturated rings. The second-order valence-electron chi connectivity index (χ2n) is 4.03. The van der Waals surface area contributed by atoms with Gasteiger partial charge in [-0.05, 0) is 31.0 Å². The third-order valence-corrected chi connectivity index (χ3v) is 2.77. The maximum absolute atomic E-state index is 13.0. The molecule has 0 radical (unpaired) electrons. The third-order valence-electron chi connectivity index (χ3n) is 2.77. The first-order valence-electron chi connectivity index (χ1n) is 5.20. The number of nitrogens with zero attached hydrogens (tertiary/aromatic N) is 3. The van der Waals surface area contributed by atoms with Crippen LogP contribution in [0, 0.1) is 5.82 Å². The highest BCUT2D eigenvalue weighted by atomic mass is 19.1. The normalized spacial score (nSPS) is 15.3. The van der Waals surface area contributed by atoms with E-state index in [0.29, 0.717) is 6.04 Å². The fourth-order valence-electron chi connectivity index (χ4n) is 1.75. The van der Waals surface area contributed by atoms with Crippen LogP contribution >= 0.6 is 0 Å². The molecule has 0 aliphatic heterocycles. The van der Waals surface area contributed by atoms with Crippen molar-refractivity contribution in [2.24, 2.45) is 0 Å². The quantitative estimate of drug-likeness (QED) is 0.784. The van der Waals surface area contributed by atoms with Crippen LogP contribution in [-0.2, 0) is 0 Å². The molecule has 2 aromatic rings. The molecule has 3 rings (SSSR count). The molecule has 5 heteroatoms. The average molecular weight is 218 g/mol. The molecule has 1 aliphatic rings. The van der Waals surface area contributed by atoms with Gasteiger partial charge in [0, 0.05) is 11.6 Å². The summed E-state index contributed by atoms with van der Waals surface area (Å²) in [6.45, 7) is 0. The molecule has 1 aliphatic carbocycles. The van der Waals surface area contributed by atoms with Crippen LogP contribution in [0.2, 0.25) is 0 Å². The Morgan fingerprint density at radius 3 is 2.88 bits per heavy atom. The van der Waals surface area contributed by atoms with Gasteiger partial charge in [-0.25, -0.2) is 4.39 Å². The van der Waals surface area contributed by atoms with Crippen LogP contribution in [0.25, 0.3) is 11.4 Å². The van der Waals surface area contributed by atoms with Crippen molar-refractivity contribution < 1.29 is 4.39 Å². The molecule has 2 N–H and O–H groups in total. The first kappa shape index (κ1) is 9.33. The highest BCUT2D eigenvalue weighted by Crippen LogP contribution is 2.37. The highest BCUT2D eigenvalue weighted by molar-refractivity contribution is 5.61. The van der Waals surface area contributed by atoms with Crippen molar-refractivity contribution in [2.45, 2.75) is 18.9 Å². The van der Waals surface area contributed by atoms with Gasteiger partial charge in [0.2, 0.25) is 0 Å². The Hall–Kier alpha value is -1.91. The SMILES string of the molecule is Nc1cc(-c2nncn2C2CC2)ccc1F. The lowest BCUT2D eigenvalue weighted by Gasteiger charge is -2.05. The Balaban J connectivity index is 2.07. The van der Waals surface area contributed by atoms with Gasteiger partial charge in [-0.2, -0.15) is 0 Å². The Labute approximate surface area is 91.9 Å². The molecule has 0 bridgehead atoms. The van der Waals surface area contributed by atoms with E-state index in [1.54, 1.807) is 18.5 Å². The van der Waals surface area contributed by atoms with Crippen molar-refractivity contribution in [3.63, 3.8) is 0 Å². The minimum Gasteiger partial charge on any atom is -0.396 e. The Morgan fingerprint density at radius 1 is 1.38 bits per heavy atom. The van der Waals surface area contributed by atoms with Gasteiger partial charge in [0.05, 0.1) is 5.69 Å². The summed E-state index contributed by atoms with van der Waals surface area (Å²) in [7, 11) is 0. The summed E-state index contributed by atoms with van der Waals surface area (Å²) in [6.07, 6.45) is 4.02. The molecule has 4 nitrogen and oxygen atoms in total. The number of hydrogen-bond donors (Lipinski definition) is 1. The van der Waals surface area contributed by atoms with Crippen molar-refractivity contribution in [1.29, 1.82) is 0 Å². The van der Waals surface area contributed by atoms with Gasteiger partial charge >= 0.3 is 0 Å². The summed E-state index contributed by atoms with van der Waals surface area (Å²) >= 11 is 0. The Morgan fingerprint density at radius 2 is 2.19 bits per heavy atom. The van der Waals surface area contributed by atoms with Crippen LogP contribution in [0.4, 0.5) is 10.1 Å². The van der Waals surface area contributed by atoms with E-state index in [4.69, 9.17) is 5.73 Å². The van der Waals surface area contributed by atoms with E-state index >= 15 is 0 Å². The molecule has 1 aromatic heterocycles. The van der Waals surface area contributed by atoms with E-state index in [2.05, 4.69) is 10.2 Å². The summed E-state index contributed by atoms with van der Waals surface area (Å²) in [6, 6.07) is 5.12. The summed E-state index contributed by atoms with van der Waals surface area (Å²) < 4.78 is 15.1. The maximum atomic E-state index is 13.0. The topological polar surface area (TPSA) is 56.7 Å². The van der Waals surface area contributed by atoms with E-state index in [1.165, 1.54) is 6.07 Å². The van der Waals surface area contributed by atoms with Crippen LogP contribution in [0.15, 0.2) is 24.5 Å². The van der Waals surface area contributed by atoms with Crippen LogP contribution in [-0.4, -0.2) is 14.8 Å². The predicted molar refractivity (Wildman–Crippen MR) is 58.1 cm³/mol. The third kappa shape index (κ3) is 1.44. The van der Waals surface area contributed by atoms with Crippen LogP contribution in [0.3, 0.4) is 0 Å². The van der Waals surface area contributed by atoms with Crippen molar-refractivity contribution in [3.8, 4) is 11.4 Å². The van der Waals surface area contributed by atoms with Crippen molar-refractivity contribution in [1.82, 2.24) is 14.8 Å². The molecular formula is C11H11FN4. The molecule has 1 aromatic carbocycles. The Bertz CT molecular complexity index is 531. The van der Waals surface area contributed by atoms with Crippen LogP contribution in [0.1, 0.15) is 18.9 Å². The molecule has 0 amide bonds. The molecule has 0 atom stereocenters. The molecule has 82 valence electrons. The van der Waals surface area contributed by atoms with Crippen molar-refractivity contribution >= 4 is 5.69 Å². The van der Waals surface area contributed by atoms with Crippen molar-refractivity contribution in [3.05, 3.63) is 30.3 Å². The van der Waals surface area contributed by atoms with E-state index in [1.807, 2.05) is 4.57 Å². The fourth-order valence-corrected chi connectivity index (χ4v) is 1.75. The number of nitrogen functional groups attached to an aromatic ring is 1. The van der Waals surface area contributed by atoms with Gasteiger partial charge in [-0.15, -0.1) is 10.2 Å². The first-order valence-corrected chi connectivity index (χ1v) is 5.20. The largest absolute Gasteiger partial charge is 0.396 e. The lowest BCUT2D eigenvalue weighted by molar-refractivity contribution is 0.632. The fraction of sp³-hybridized carbons (Fsp3) is 0.273. The van der Waals surface area contributed by atoms with Gasteiger partial charge in [0.1, 0.15) is 12.1 Å². The lowest BCUT2D eigenvalue weighted by Crippen LogP contribution is -1.97. The minimum absolute atomic E-state index is 0.142. The average Bonchev–Trinajstić information content (AvgIpc) is 3.01. The monoisotopic (exact) mass is 218 g/mol. The van der Waals surface area contributed by atoms with Gasteiger partial charge < -0.3 is 10.3 Å². The molecule has 0 spiro atoms. The van der Waals surface area contributed by atoms with Gasteiger partial charge in [-0.3, -0.25) is 0 Å². The zero-order valence-electron chi connectivity index (χ0n) is 8.60. The molecular weight excluding hydrogens is 207 g/mol. The van der Waals surface area contributed by atoms with E-state index in [9.17, 15) is 4.39 Å². The second kappa shape index (κ2) is 3.30. The highest BCUT2D eigenvalue weighted by Gasteiger charge is 2.26. The van der Waals surface area contributed by atoms with Crippen LogP contribution < -0.4 is 5.73 Å². The van der Waals surface area contributed by atoms with Gasteiger partial charge in [0.25, 0.3) is 0 Å². The summed E-state index contributed by atoms with van der Waals surface area (Å²) in [5, 5.41) is 7.94.